The third-order valence-electron chi connectivity index (χ3n) is 5.50. The van der Waals surface area contributed by atoms with Crippen LogP contribution >= 0.6 is 0 Å². The van der Waals surface area contributed by atoms with E-state index in [9.17, 15) is 19.2 Å². The Kier molecular flexibility index (Phi) is 4.84. The summed E-state index contributed by atoms with van der Waals surface area (Å²) in [4.78, 5) is 53.7. The van der Waals surface area contributed by atoms with E-state index in [0.717, 1.165) is 35.1 Å². The molecule has 10 nitrogen and oxygen atoms in total. The number of carbonyl (C=O) groups excluding carboxylic acids is 1. The summed E-state index contributed by atoms with van der Waals surface area (Å²) in [5.41, 5.74) is 1.64. The van der Waals surface area contributed by atoms with Crippen molar-refractivity contribution in [3.8, 4) is 0 Å². The van der Waals surface area contributed by atoms with Crippen LogP contribution in [0.2, 0.25) is 0 Å². The van der Waals surface area contributed by atoms with Gasteiger partial charge in [0.1, 0.15) is 5.65 Å². The molecule has 3 heterocycles. The van der Waals surface area contributed by atoms with Gasteiger partial charge in [0.25, 0.3) is 17.0 Å². The Labute approximate surface area is 170 Å². The number of carbonyl (C=O) groups is 1. The normalized spacial score (nSPS) is 12.9. The van der Waals surface area contributed by atoms with E-state index < -0.39 is 17.2 Å². The highest BCUT2D eigenvalue weighted by atomic mass is 16.2. The second-order valence-electron chi connectivity index (χ2n) is 7.49. The molecular weight excluding hydrogens is 388 g/mol. The summed E-state index contributed by atoms with van der Waals surface area (Å²) in [6, 6.07) is 3.07. The Hall–Kier alpha value is -3.56. The summed E-state index contributed by atoms with van der Waals surface area (Å²) in [5.74, 6) is -0.410. The average molecular weight is 410 g/mol. The van der Waals surface area contributed by atoms with Crippen molar-refractivity contribution in [3.63, 3.8) is 0 Å². The highest BCUT2D eigenvalue weighted by Crippen LogP contribution is 2.17. The zero-order valence-electron chi connectivity index (χ0n) is 17.1. The van der Waals surface area contributed by atoms with Crippen molar-refractivity contribution in [1.82, 2.24) is 29.2 Å². The molecule has 1 aliphatic rings. The fourth-order valence-corrected chi connectivity index (χ4v) is 3.79. The monoisotopic (exact) mass is 410 g/mol. The number of aryl methyl sites for hydroxylation is 4. The first-order valence-corrected chi connectivity index (χ1v) is 9.73. The molecule has 1 N–H and O–H groups in total. The number of aromatic nitrogens is 5. The fourth-order valence-electron chi connectivity index (χ4n) is 3.79. The van der Waals surface area contributed by atoms with E-state index >= 15 is 0 Å². The van der Waals surface area contributed by atoms with Gasteiger partial charge in [-0.2, -0.15) is 5.10 Å². The second-order valence-corrected chi connectivity index (χ2v) is 7.49. The SMILES string of the molecule is Cc1nc2c(cc1C(=O)NCCn1nc3c(cc1=O)CCC3)c(=O)n(C)c(=O)n2C. The van der Waals surface area contributed by atoms with Crippen LogP contribution in [0.4, 0.5) is 0 Å². The average Bonchev–Trinajstić information content (AvgIpc) is 3.17. The van der Waals surface area contributed by atoms with Gasteiger partial charge < -0.3 is 5.32 Å². The number of hydrogen-bond acceptors (Lipinski definition) is 6. The Morgan fingerprint density at radius 3 is 2.67 bits per heavy atom. The number of fused-ring (bicyclic) bond motifs is 2. The smallest absolute Gasteiger partial charge is 0.332 e. The van der Waals surface area contributed by atoms with Crippen LogP contribution in [-0.4, -0.2) is 36.4 Å². The minimum Gasteiger partial charge on any atom is -0.350 e. The molecule has 0 atom stereocenters. The van der Waals surface area contributed by atoms with Crippen molar-refractivity contribution in [1.29, 1.82) is 0 Å². The highest BCUT2D eigenvalue weighted by Gasteiger charge is 2.17. The number of pyridine rings is 1. The number of rotatable bonds is 4. The van der Waals surface area contributed by atoms with Gasteiger partial charge in [-0.1, -0.05) is 0 Å². The van der Waals surface area contributed by atoms with Gasteiger partial charge in [-0.05, 0) is 37.8 Å². The summed E-state index contributed by atoms with van der Waals surface area (Å²) in [5, 5.41) is 7.32. The van der Waals surface area contributed by atoms with Crippen molar-refractivity contribution in [2.45, 2.75) is 32.7 Å². The first-order chi connectivity index (χ1) is 14.3. The van der Waals surface area contributed by atoms with Crippen LogP contribution in [0.3, 0.4) is 0 Å². The summed E-state index contributed by atoms with van der Waals surface area (Å²) in [7, 11) is 2.91. The molecule has 10 heteroatoms. The molecule has 0 fully saturated rings. The van der Waals surface area contributed by atoms with E-state index in [1.54, 1.807) is 13.0 Å². The van der Waals surface area contributed by atoms with Gasteiger partial charge in [-0.15, -0.1) is 0 Å². The van der Waals surface area contributed by atoms with Crippen LogP contribution in [-0.2, 0) is 33.5 Å². The van der Waals surface area contributed by atoms with E-state index in [4.69, 9.17) is 0 Å². The topological polar surface area (TPSA) is 121 Å². The van der Waals surface area contributed by atoms with E-state index in [0.29, 0.717) is 5.69 Å². The van der Waals surface area contributed by atoms with Gasteiger partial charge in [0.2, 0.25) is 0 Å². The quantitative estimate of drug-likeness (QED) is 0.614. The van der Waals surface area contributed by atoms with Crippen LogP contribution in [0.25, 0.3) is 11.0 Å². The van der Waals surface area contributed by atoms with Crippen molar-refractivity contribution < 1.29 is 4.79 Å². The van der Waals surface area contributed by atoms with Crippen molar-refractivity contribution in [2.75, 3.05) is 6.54 Å². The molecule has 3 aromatic rings. The first kappa shape index (κ1) is 19.7. The molecule has 3 aromatic heterocycles. The molecule has 0 saturated heterocycles. The molecule has 156 valence electrons. The van der Waals surface area contributed by atoms with Crippen LogP contribution in [0.15, 0.2) is 26.5 Å². The largest absolute Gasteiger partial charge is 0.350 e. The van der Waals surface area contributed by atoms with E-state index in [1.165, 1.54) is 29.4 Å². The van der Waals surface area contributed by atoms with Crippen molar-refractivity contribution >= 4 is 16.9 Å². The lowest BCUT2D eigenvalue weighted by Gasteiger charge is -2.12. The van der Waals surface area contributed by atoms with Gasteiger partial charge in [-0.3, -0.25) is 23.5 Å². The third-order valence-corrected chi connectivity index (χ3v) is 5.50. The second kappa shape index (κ2) is 7.36. The predicted octanol–water partition coefficient (Wildman–Crippen LogP) is -0.584. The summed E-state index contributed by atoms with van der Waals surface area (Å²) in [6.07, 6.45) is 2.75. The number of hydrogen-bond donors (Lipinski definition) is 1. The maximum Gasteiger partial charge on any atom is 0.332 e. The molecule has 0 unspecified atom stereocenters. The molecule has 0 aromatic carbocycles. The number of nitrogens with one attached hydrogen (secondary N) is 1. The van der Waals surface area contributed by atoms with E-state index in [2.05, 4.69) is 15.4 Å². The molecule has 4 rings (SSSR count). The fraction of sp³-hybridized carbons (Fsp3) is 0.400. The molecule has 0 aliphatic heterocycles. The summed E-state index contributed by atoms with van der Waals surface area (Å²) >= 11 is 0. The predicted molar refractivity (Wildman–Crippen MR) is 110 cm³/mol. The lowest BCUT2D eigenvalue weighted by Crippen LogP contribution is -2.38. The molecule has 0 radical (unpaired) electrons. The summed E-state index contributed by atoms with van der Waals surface area (Å²) < 4.78 is 3.62. The van der Waals surface area contributed by atoms with Gasteiger partial charge in [0.05, 0.1) is 28.9 Å². The van der Waals surface area contributed by atoms with Crippen molar-refractivity contribution in [2.24, 2.45) is 14.1 Å². The lowest BCUT2D eigenvalue weighted by molar-refractivity contribution is 0.0951. The van der Waals surface area contributed by atoms with E-state index in [1.807, 2.05) is 0 Å². The van der Waals surface area contributed by atoms with Crippen LogP contribution in [0.1, 0.15) is 33.7 Å². The lowest BCUT2D eigenvalue weighted by atomic mass is 10.1. The summed E-state index contributed by atoms with van der Waals surface area (Å²) in [6.45, 7) is 2.09. The van der Waals surface area contributed by atoms with Gasteiger partial charge in [0, 0.05) is 26.7 Å². The Bertz CT molecular complexity index is 1360. The molecule has 30 heavy (non-hydrogen) atoms. The number of amides is 1. The van der Waals surface area contributed by atoms with Crippen LogP contribution in [0, 0.1) is 6.92 Å². The Morgan fingerprint density at radius 1 is 1.13 bits per heavy atom. The standard InChI is InChI=1S/C20H22N6O4/c1-11-13(10-14-17(22-11)24(2)20(30)25(3)19(14)29)18(28)21-7-8-26-16(27)9-12-5-4-6-15(12)23-26/h9-10H,4-8H2,1-3H3,(H,21,28). The zero-order chi connectivity index (χ0) is 21.6. The molecule has 1 amide bonds. The van der Waals surface area contributed by atoms with E-state index in [-0.39, 0.29) is 35.2 Å². The maximum absolute atomic E-state index is 12.7. The molecule has 0 spiro atoms. The molecular formula is C20H22N6O4. The van der Waals surface area contributed by atoms with Gasteiger partial charge >= 0.3 is 5.69 Å². The molecule has 0 bridgehead atoms. The Balaban J connectivity index is 1.57. The minimum atomic E-state index is -0.511. The Morgan fingerprint density at radius 2 is 1.90 bits per heavy atom. The zero-order valence-corrected chi connectivity index (χ0v) is 17.1. The first-order valence-electron chi connectivity index (χ1n) is 9.73. The van der Waals surface area contributed by atoms with Crippen LogP contribution in [0.5, 0.6) is 0 Å². The maximum atomic E-state index is 12.7. The number of nitrogens with zero attached hydrogens (tertiary/aromatic N) is 5. The molecule has 1 aliphatic carbocycles. The van der Waals surface area contributed by atoms with Gasteiger partial charge in [0.15, 0.2) is 0 Å². The van der Waals surface area contributed by atoms with Crippen LogP contribution < -0.4 is 22.1 Å². The highest BCUT2D eigenvalue weighted by molar-refractivity contribution is 5.98. The van der Waals surface area contributed by atoms with Crippen molar-refractivity contribution in [3.05, 3.63) is 65.8 Å². The molecule has 0 saturated carbocycles. The van der Waals surface area contributed by atoms with Gasteiger partial charge in [-0.25, -0.2) is 14.5 Å². The minimum absolute atomic E-state index is 0.183. The third kappa shape index (κ3) is 3.23.